The smallest absolute Gasteiger partial charge is 0.227 e. The fraction of sp³-hybridized carbons (Fsp3) is 0.875. The summed E-state index contributed by atoms with van der Waals surface area (Å²) in [5.74, 6) is 4.43. The first-order chi connectivity index (χ1) is 9.66. The Bertz CT molecular complexity index is 460. The topological polar surface area (TPSA) is 64.9 Å². The molecule has 4 aliphatic carbocycles. The van der Waals surface area contributed by atoms with E-state index in [4.69, 9.17) is 10.3 Å². The molecule has 1 heterocycles. The van der Waals surface area contributed by atoms with E-state index < -0.39 is 0 Å². The molecule has 1 unspecified atom stereocenters. The van der Waals surface area contributed by atoms with Crippen LogP contribution in [0.15, 0.2) is 4.52 Å². The van der Waals surface area contributed by atoms with Crippen LogP contribution in [0.5, 0.6) is 0 Å². The Labute approximate surface area is 120 Å². The molecular formula is C16H25N3O. The molecule has 2 N–H and O–H groups in total. The van der Waals surface area contributed by atoms with Crippen LogP contribution < -0.4 is 5.73 Å². The Kier molecular flexibility index (Phi) is 2.92. The van der Waals surface area contributed by atoms with Gasteiger partial charge in [0.05, 0.1) is 6.04 Å². The third-order valence-corrected chi connectivity index (χ3v) is 5.95. The zero-order valence-electron chi connectivity index (χ0n) is 12.3. The number of nitrogens with two attached hydrogens (primary N) is 1. The molecule has 0 saturated heterocycles. The van der Waals surface area contributed by atoms with Crippen LogP contribution in [0.2, 0.25) is 0 Å². The van der Waals surface area contributed by atoms with Gasteiger partial charge in [-0.2, -0.15) is 4.98 Å². The van der Waals surface area contributed by atoms with E-state index in [1.165, 1.54) is 38.5 Å². The maximum Gasteiger partial charge on any atom is 0.227 e. The van der Waals surface area contributed by atoms with Crippen molar-refractivity contribution >= 4 is 0 Å². The minimum absolute atomic E-state index is 0.0798. The molecule has 4 fully saturated rings. The average molecular weight is 275 g/mol. The largest absolute Gasteiger partial charge is 0.339 e. The first-order valence-corrected chi connectivity index (χ1v) is 8.24. The van der Waals surface area contributed by atoms with Gasteiger partial charge >= 0.3 is 0 Å². The Morgan fingerprint density at radius 2 is 1.80 bits per heavy atom. The molecule has 5 rings (SSSR count). The molecule has 4 saturated carbocycles. The molecule has 1 aromatic rings. The summed E-state index contributed by atoms with van der Waals surface area (Å²) in [6.07, 6.45) is 10.4. The fourth-order valence-corrected chi connectivity index (χ4v) is 5.50. The van der Waals surface area contributed by atoms with Crippen LogP contribution in [0.3, 0.4) is 0 Å². The van der Waals surface area contributed by atoms with E-state index in [-0.39, 0.29) is 6.04 Å². The highest BCUT2D eigenvalue weighted by Gasteiger charge is 2.51. The van der Waals surface area contributed by atoms with E-state index in [1.807, 2.05) is 0 Å². The highest BCUT2D eigenvalue weighted by atomic mass is 16.5. The van der Waals surface area contributed by atoms with Crippen LogP contribution in [0.25, 0.3) is 0 Å². The van der Waals surface area contributed by atoms with Gasteiger partial charge < -0.3 is 10.3 Å². The van der Waals surface area contributed by atoms with E-state index >= 15 is 0 Å². The molecule has 0 aliphatic heterocycles. The average Bonchev–Trinajstić information content (AvgIpc) is 2.83. The first-order valence-electron chi connectivity index (χ1n) is 8.24. The van der Waals surface area contributed by atoms with Crippen molar-refractivity contribution < 1.29 is 4.52 Å². The van der Waals surface area contributed by atoms with Crippen LogP contribution in [0, 0.1) is 23.2 Å². The summed E-state index contributed by atoms with van der Waals surface area (Å²) < 4.78 is 5.49. The molecule has 0 amide bonds. The third-order valence-electron chi connectivity index (χ3n) is 5.95. The van der Waals surface area contributed by atoms with Crippen LogP contribution >= 0.6 is 0 Å². The molecule has 0 aromatic carbocycles. The third kappa shape index (κ3) is 2.09. The van der Waals surface area contributed by atoms with Gasteiger partial charge in [-0.25, -0.2) is 0 Å². The van der Waals surface area contributed by atoms with Crippen LogP contribution in [0.4, 0.5) is 0 Å². The predicted molar refractivity (Wildman–Crippen MR) is 75.8 cm³/mol. The molecule has 4 bridgehead atoms. The Balaban J connectivity index is 1.52. The van der Waals surface area contributed by atoms with E-state index in [0.717, 1.165) is 36.5 Å². The van der Waals surface area contributed by atoms with Gasteiger partial charge in [0, 0.05) is 6.42 Å². The Hall–Kier alpha value is -0.900. The highest BCUT2D eigenvalue weighted by molar-refractivity contribution is 5.05. The lowest BCUT2D eigenvalue weighted by Gasteiger charge is -2.56. The molecule has 1 aromatic heterocycles. The zero-order chi connectivity index (χ0) is 13.7. The lowest BCUT2D eigenvalue weighted by molar-refractivity contribution is -0.0556. The summed E-state index contributed by atoms with van der Waals surface area (Å²) in [7, 11) is 0. The van der Waals surface area contributed by atoms with Crippen molar-refractivity contribution in [2.75, 3.05) is 0 Å². The van der Waals surface area contributed by atoms with E-state index in [1.54, 1.807) is 0 Å². The normalized spacial score (nSPS) is 40.2. The van der Waals surface area contributed by atoms with Gasteiger partial charge in [-0.3, -0.25) is 0 Å². The maximum atomic E-state index is 5.98. The number of hydrogen-bond acceptors (Lipinski definition) is 4. The van der Waals surface area contributed by atoms with Crippen molar-refractivity contribution in [2.45, 2.75) is 64.3 Å². The summed E-state index contributed by atoms with van der Waals surface area (Å²) in [5, 5.41) is 4.07. The van der Waals surface area contributed by atoms with Gasteiger partial charge in [0.1, 0.15) is 0 Å². The second-order valence-electron chi connectivity index (χ2n) is 7.66. The summed E-state index contributed by atoms with van der Waals surface area (Å²) in [4.78, 5) is 4.55. The van der Waals surface area contributed by atoms with E-state index in [0.29, 0.717) is 11.2 Å². The molecular weight excluding hydrogens is 250 g/mol. The minimum Gasteiger partial charge on any atom is -0.339 e. The SMILES string of the molecule is CCC(N)c1noc(CC23CC4CC(CC(C4)C2)C3)n1. The number of rotatable bonds is 4. The molecule has 1 atom stereocenters. The van der Waals surface area contributed by atoms with Gasteiger partial charge in [0.2, 0.25) is 5.89 Å². The molecule has 0 radical (unpaired) electrons. The van der Waals surface area contributed by atoms with Gasteiger partial charge in [-0.1, -0.05) is 12.1 Å². The van der Waals surface area contributed by atoms with Crippen LogP contribution in [0.1, 0.15) is 69.6 Å². The Morgan fingerprint density at radius 1 is 1.20 bits per heavy atom. The monoisotopic (exact) mass is 275 g/mol. The highest BCUT2D eigenvalue weighted by Crippen LogP contribution is 2.60. The van der Waals surface area contributed by atoms with Crippen molar-refractivity contribution in [1.29, 1.82) is 0 Å². The Morgan fingerprint density at radius 3 is 2.35 bits per heavy atom. The van der Waals surface area contributed by atoms with Crippen molar-refractivity contribution in [1.82, 2.24) is 10.1 Å². The lowest BCUT2D eigenvalue weighted by atomic mass is 9.49. The van der Waals surface area contributed by atoms with Crippen molar-refractivity contribution in [3.63, 3.8) is 0 Å². The molecule has 20 heavy (non-hydrogen) atoms. The second-order valence-corrected chi connectivity index (χ2v) is 7.66. The van der Waals surface area contributed by atoms with Gasteiger partial charge in [-0.05, 0) is 68.1 Å². The molecule has 4 nitrogen and oxygen atoms in total. The number of hydrogen-bond donors (Lipinski definition) is 1. The standard InChI is InChI=1S/C16H25N3O/c1-2-13(17)15-18-14(20-19-15)9-16-6-10-3-11(7-16)5-12(4-10)8-16/h10-13H,2-9,17H2,1H3. The summed E-state index contributed by atoms with van der Waals surface area (Å²) in [5.41, 5.74) is 6.45. The number of aromatic nitrogens is 2. The quantitative estimate of drug-likeness (QED) is 0.916. The van der Waals surface area contributed by atoms with Crippen molar-refractivity contribution in [3.05, 3.63) is 11.7 Å². The molecule has 0 spiro atoms. The van der Waals surface area contributed by atoms with Gasteiger partial charge in [0.15, 0.2) is 5.82 Å². The van der Waals surface area contributed by atoms with Crippen molar-refractivity contribution in [2.24, 2.45) is 28.9 Å². The van der Waals surface area contributed by atoms with E-state index in [9.17, 15) is 0 Å². The molecule has 110 valence electrons. The van der Waals surface area contributed by atoms with Crippen LogP contribution in [-0.2, 0) is 6.42 Å². The van der Waals surface area contributed by atoms with Gasteiger partial charge in [0.25, 0.3) is 0 Å². The predicted octanol–water partition coefficient (Wildman–Crippen LogP) is 3.24. The lowest BCUT2D eigenvalue weighted by Crippen LogP contribution is -2.47. The van der Waals surface area contributed by atoms with Gasteiger partial charge in [-0.15, -0.1) is 0 Å². The fourth-order valence-electron chi connectivity index (χ4n) is 5.50. The summed E-state index contributed by atoms with van der Waals surface area (Å²) >= 11 is 0. The number of nitrogens with zero attached hydrogens (tertiary/aromatic N) is 2. The zero-order valence-corrected chi connectivity index (χ0v) is 12.3. The molecule has 4 heteroatoms. The molecule has 4 aliphatic rings. The minimum atomic E-state index is -0.0798. The van der Waals surface area contributed by atoms with Crippen molar-refractivity contribution in [3.8, 4) is 0 Å². The maximum absolute atomic E-state index is 5.98. The van der Waals surface area contributed by atoms with E-state index in [2.05, 4.69) is 17.1 Å². The summed E-state index contributed by atoms with van der Waals surface area (Å²) in [6.45, 7) is 2.06. The van der Waals surface area contributed by atoms with Crippen LogP contribution in [-0.4, -0.2) is 10.1 Å². The summed E-state index contributed by atoms with van der Waals surface area (Å²) in [6, 6.07) is -0.0798. The first kappa shape index (κ1) is 12.8. The second kappa shape index (κ2) is 4.55.